The van der Waals surface area contributed by atoms with Crippen LogP contribution >= 0.6 is 0 Å². The molecule has 2 heterocycles. The van der Waals surface area contributed by atoms with Crippen LogP contribution < -0.4 is 4.74 Å². The zero-order chi connectivity index (χ0) is 17.9. The van der Waals surface area contributed by atoms with Crippen molar-refractivity contribution in [2.24, 2.45) is 5.92 Å². The van der Waals surface area contributed by atoms with Gasteiger partial charge in [-0.15, -0.1) is 0 Å². The number of carbonyl (C=O) groups excluding carboxylic acids is 1. The molecule has 0 spiro atoms. The second kappa shape index (κ2) is 6.84. The van der Waals surface area contributed by atoms with Gasteiger partial charge >= 0.3 is 0 Å². The highest BCUT2D eigenvalue weighted by molar-refractivity contribution is 6.00. The molecule has 1 aliphatic carbocycles. The van der Waals surface area contributed by atoms with Gasteiger partial charge in [0.1, 0.15) is 5.69 Å². The number of nitriles is 1. The molecule has 7 heteroatoms. The Kier molecular flexibility index (Phi) is 4.23. The fourth-order valence-corrected chi connectivity index (χ4v) is 2.52. The maximum Gasteiger partial charge on any atom is 0.232 e. The van der Waals surface area contributed by atoms with E-state index in [0.717, 1.165) is 0 Å². The van der Waals surface area contributed by atoms with Crippen LogP contribution in [-0.2, 0) is 0 Å². The summed E-state index contributed by atoms with van der Waals surface area (Å²) in [5.41, 5.74) is 1.74. The number of nitrogens with zero attached hydrogens (tertiary/aromatic N) is 5. The SMILES string of the molecule is N#CC(C(=O)c1cnc(OCC2CC2)cn1)c1cnc2ccccc2n1. The first-order valence-corrected chi connectivity index (χ1v) is 8.35. The topological polar surface area (TPSA) is 102 Å². The van der Waals surface area contributed by atoms with Crippen molar-refractivity contribution in [3.8, 4) is 11.9 Å². The van der Waals surface area contributed by atoms with Crippen molar-refractivity contribution < 1.29 is 9.53 Å². The maximum absolute atomic E-state index is 12.7. The third-order valence-electron chi connectivity index (χ3n) is 4.20. The van der Waals surface area contributed by atoms with Crippen molar-refractivity contribution in [1.29, 1.82) is 5.26 Å². The van der Waals surface area contributed by atoms with Gasteiger partial charge in [-0.25, -0.2) is 15.0 Å². The number of aromatic nitrogens is 4. The van der Waals surface area contributed by atoms with Crippen molar-refractivity contribution >= 4 is 16.8 Å². The average Bonchev–Trinajstić information content (AvgIpc) is 3.52. The van der Waals surface area contributed by atoms with E-state index in [0.29, 0.717) is 35.1 Å². The van der Waals surface area contributed by atoms with E-state index >= 15 is 0 Å². The van der Waals surface area contributed by atoms with Crippen molar-refractivity contribution in [3.05, 3.63) is 54.2 Å². The molecule has 1 fully saturated rings. The van der Waals surface area contributed by atoms with Gasteiger partial charge in [0, 0.05) is 0 Å². The highest BCUT2D eigenvalue weighted by Gasteiger charge is 2.26. The highest BCUT2D eigenvalue weighted by Crippen LogP contribution is 2.29. The quantitative estimate of drug-likeness (QED) is 0.633. The van der Waals surface area contributed by atoms with Crippen LogP contribution in [0.5, 0.6) is 5.88 Å². The van der Waals surface area contributed by atoms with Crippen molar-refractivity contribution in [3.63, 3.8) is 0 Å². The molecule has 1 aliphatic rings. The van der Waals surface area contributed by atoms with Crippen LogP contribution in [0.15, 0.2) is 42.9 Å². The van der Waals surface area contributed by atoms with Crippen LogP contribution in [0.25, 0.3) is 11.0 Å². The molecule has 128 valence electrons. The highest BCUT2D eigenvalue weighted by atomic mass is 16.5. The predicted octanol–water partition coefficient (Wildman–Crippen LogP) is 2.70. The summed E-state index contributed by atoms with van der Waals surface area (Å²) in [7, 11) is 0. The molecule has 0 radical (unpaired) electrons. The minimum absolute atomic E-state index is 0.102. The molecule has 3 aromatic rings. The Balaban J connectivity index is 1.54. The first-order valence-electron chi connectivity index (χ1n) is 8.35. The molecule has 26 heavy (non-hydrogen) atoms. The summed E-state index contributed by atoms with van der Waals surface area (Å²) in [5, 5.41) is 9.48. The van der Waals surface area contributed by atoms with E-state index in [1.807, 2.05) is 24.3 Å². The van der Waals surface area contributed by atoms with E-state index in [2.05, 4.69) is 19.9 Å². The Hall–Kier alpha value is -3.40. The minimum Gasteiger partial charge on any atom is -0.476 e. The molecule has 0 amide bonds. The van der Waals surface area contributed by atoms with Gasteiger partial charge in [0.2, 0.25) is 11.7 Å². The molecule has 0 saturated heterocycles. The number of benzene rings is 1. The zero-order valence-electron chi connectivity index (χ0n) is 13.9. The number of fused-ring (bicyclic) bond motifs is 1. The Morgan fingerprint density at radius 1 is 1.15 bits per heavy atom. The summed E-state index contributed by atoms with van der Waals surface area (Å²) < 4.78 is 5.51. The minimum atomic E-state index is -1.08. The van der Waals surface area contributed by atoms with Gasteiger partial charge in [0.25, 0.3) is 0 Å². The summed E-state index contributed by atoms with van der Waals surface area (Å²) in [6, 6.07) is 9.28. The molecule has 0 bridgehead atoms. The van der Waals surface area contributed by atoms with Crippen LogP contribution in [0.4, 0.5) is 0 Å². The number of rotatable bonds is 6. The van der Waals surface area contributed by atoms with Gasteiger partial charge in [0.05, 0.1) is 48.0 Å². The summed E-state index contributed by atoms with van der Waals surface area (Å²) in [5.74, 6) is -0.557. The molecule has 4 rings (SSSR count). The van der Waals surface area contributed by atoms with Crippen LogP contribution in [0.2, 0.25) is 0 Å². The monoisotopic (exact) mass is 345 g/mol. The molecular formula is C19H15N5O2. The third-order valence-corrected chi connectivity index (χ3v) is 4.20. The lowest BCUT2D eigenvalue weighted by molar-refractivity contribution is 0.0972. The van der Waals surface area contributed by atoms with E-state index < -0.39 is 11.7 Å². The summed E-state index contributed by atoms with van der Waals surface area (Å²) in [4.78, 5) is 29.5. The first-order chi connectivity index (χ1) is 12.7. The normalized spacial score (nSPS) is 14.6. The maximum atomic E-state index is 12.7. The number of ether oxygens (including phenoxy) is 1. The van der Waals surface area contributed by atoms with Crippen molar-refractivity contribution in [2.45, 2.75) is 18.8 Å². The zero-order valence-corrected chi connectivity index (χ0v) is 13.9. The first kappa shape index (κ1) is 16.1. The number of para-hydroxylation sites is 2. The lowest BCUT2D eigenvalue weighted by atomic mass is 10.00. The van der Waals surface area contributed by atoms with Crippen LogP contribution in [0.1, 0.15) is 34.9 Å². The van der Waals surface area contributed by atoms with Gasteiger partial charge < -0.3 is 4.74 Å². The molecule has 1 saturated carbocycles. The second-order valence-electron chi connectivity index (χ2n) is 6.20. The lowest BCUT2D eigenvalue weighted by Crippen LogP contribution is -2.15. The average molecular weight is 345 g/mol. The van der Waals surface area contributed by atoms with Crippen LogP contribution in [0.3, 0.4) is 0 Å². The Bertz CT molecular complexity index is 993. The van der Waals surface area contributed by atoms with E-state index in [1.165, 1.54) is 31.4 Å². The lowest BCUT2D eigenvalue weighted by Gasteiger charge is -2.08. The fraction of sp³-hybridized carbons (Fsp3) is 0.263. The third kappa shape index (κ3) is 3.35. The predicted molar refractivity (Wildman–Crippen MR) is 92.5 cm³/mol. The smallest absolute Gasteiger partial charge is 0.232 e. The largest absolute Gasteiger partial charge is 0.476 e. The number of carbonyl (C=O) groups is 1. The molecule has 0 N–H and O–H groups in total. The van der Waals surface area contributed by atoms with Gasteiger partial charge in [-0.2, -0.15) is 5.26 Å². The fourth-order valence-electron chi connectivity index (χ4n) is 2.52. The molecule has 7 nitrogen and oxygen atoms in total. The second-order valence-corrected chi connectivity index (χ2v) is 6.20. The van der Waals surface area contributed by atoms with E-state index in [-0.39, 0.29) is 5.69 Å². The standard InChI is InChI=1S/C19H15N5O2/c20-7-13(16-8-21-14-3-1-2-4-15(14)24-16)19(25)17-9-23-18(10-22-17)26-11-12-5-6-12/h1-4,8-10,12-13H,5-6,11H2. The Labute approximate surface area is 149 Å². The van der Waals surface area contributed by atoms with Crippen LogP contribution in [-0.4, -0.2) is 32.3 Å². The number of hydrogen-bond donors (Lipinski definition) is 0. The van der Waals surface area contributed by atoms with Gasteiger partial charge in [-0.05, 0) is 30.9 Å². The van der Waals surface area contributed by atoms with Crippen LogP contribution in [0, 0.1) is 17.2 Å². The van der Waals surface area contributed by atoms with E-state index in [1.54, 1.807) is 6.07 Å². The Morgan fingerprint density at radius 3 is 2.65 bits per heavy atom. The molecule has 1 unspecified atom stereocenters. The Morgan fingerprint density at radius 2 is 1.96 bits per heavy atom. The van der Waals surface area contributed by atoms with Gasteiger partial charge in [0.15, 0.2) is 5.92 Å². The molecule has 0 aliphatic heterocycles. The summed E-state index contributed by atoms with van der Waals surface area (Å²) >= 11 is 0. The van der Waals surface area contributed by atoms with E-state index in [4.69, 9.17) is 4.74 Å². The van der Waals surface area contributed by atoms with E-state index in [9.17, 15) is 10.1 Å². The number of hydrogen-bond acceptors (Lipinski definition) is 7. The number of Topliss-reactive ketones (excluding diaryl/α,β-unsaturated/α-hetero) is 1. The summed E-state index contributed by atoms with van der Waals surface area (Å²) in [6.45, 7) is 0.621. The molecule has 2 aromatic heterocycles. The molecule has 1 atom stereocenters. The number of ketones is 1. The summed E-state index contributed by atoms with van der Waals surface area (Å²) in [6.07, 6.45) is 6.56. The molecular weight excluding hydrogens is 330 g/mol. The molecule has 1 aromatic carbocycles. The van der Waals surface area contributed by atoms with Crippen molar-refractivity contribution in [1.82, 2.24) is 19.9 Å². The van der Waals surface area contributed by atoms with Gasteiger partial charge in [-0.1, -0.05) is 12.1 Å². The van der Waals surface area contributed by atoms with Crippen molar-refractivity contribution in [2.75, 3.05) is 6.61 Å². The van der Waals surface area contributed by atoms with Gasteiger partial charge in [-0.3, -0.25) is 9.78 Å².